The van der Waals surface area contributed by atoms with E-state index in [-0.39, 0.29) is 11.8 Å². The van der Waals surface area contributed by atoms with Crippen molar-refractivity contribution < 1.29 is 4.79 Å². The molecular weight excluding hydrogens is 250 g/mol. The predicted molar refractivity (Wildman–Crippen MR) is 81.6 cm³/mol. The first-order valence-corrected chi connectivity index (χ1v) is 7.51. The van der Waals surface area contributed by atoms with Crippen molar-refractivity contribution in [3.05, 3.63) is 23.9 Å². The van der Waals surface area contributed by atoms with Crippen LogP contribution in [0.25, 0.3) is 0 Å². The first-order valence-electron chi connectivity index (χ1n) is 7.51. The molecule has 0 radical (unpaired) electrons. The second-order valence-electron chi connectivity index (χ2n) is 6.12. The molecule has 0 saturated carbocycles. The van der Waals surface area contributed by atoms with E-state index >= 15 is 0 Å². The lowest BCUT2D eigenvalue weighted by Gasteiger charge is -2.32. The van der Waals surface area contributed by atoms with Gasteiger partial charge in [0.25, 0.3) is 0 Å². The van der Waals surface area contributed by atoms with Crippen molar-refractivity contribution in [3.8, 4) is 0 Å². The van der Waals surface area contributed by atoms with Gasteiger partial charge in [-0.1, -0.05) is 19.9 Å². The molecule has 0 aliphatic carbocycles. The molecule has 2 heterocycles. The molecule has 4 heteroatoms. The van der Waals surface area contributed by atoms with Crippen LogP contribution in [0.5, 0.6) is 0 Å². The Morgan fingerprint density at radius 2 is 2.10 bits per heavy atom. The predicted octanol–water partition coefficient (Wildman–Crippen LogP) is 2.70. The zero-order chi connectivity index (χ0) is 14.5. The van der Waals surface area contributed by atoms with Crippen LogP contribution in [0.3, 0.4) is 0 Å². The number of likely N-dealkylation sites (tertiary alicyclic amines) is 1. The standard InChI is InChI=1S/C16H25N3O/c1-12(2)11-19-9-7-14(8-10-19)16(20)18-15-6-4-5-13(3)17-15/h4-6,12,14H,7-11H2,1-3H3,(H,17,18,20). The molecule has 4 nitrogen and oxygen atoms in total. The van der Waals surface area contributed by atoms with Crippen LogP contribution in [0.4, 0.5) is 5.82 Å². The number of nitrogens with one attached hydrogen (secondary N) is 1. The molecule has 2 rings (SSSR count). The maximum absolute atomic E-state index is 12.2. The van der Waals surface area contributed by atoms with Crippen LogP contribution >= 0.6 is 0 Å². The van der Waals surface area contributed by atoms with E-state index in [1.54, 1.807) is 0 Å². The number of anilines is 1. The summed E-state index contributed by atoms with van der Waals surface area (Å²) in [6.45, 7) is 9.59. The van der Waals surface area contributed by atoms with Gasteiger partial charge in [0, 0.05) is 18.2 Å². The third-order valence-electron chi connectivity index (χ3n) is 3.72. The molecule has 0 bridgehead atoms. The molecule has 0 aromatic carbocycles. The molecule has 1 aromatic heterocycles. The van der Waals surface area contributed by atoms with Gasteiger partial charge in [0.2, 0.25) is 5.91 Å². The van der Waals surface area contributed by atoms with Gasteiger partial charge in [0.05, 0.1) is 0 Å². The van der Waals surface area contributed by atoms with E-state index in [1.807, 2.05) is 25.1 Å². The van der Waals surface area contributed by atoms with Crippen LogP contribution in [-0.2, 0) is 4.79 Å². The second-order valence-corrected chi connectivity index (χ2v) is 6.12. The molecule has 1 amide bonds. The third kappa shape index (κ3) is 4.30. The second kappa shape index (κ2) is 6.84. The number of rotatable bonds is 4. The fraction of sp³-hybridized carbons (Fsp3) is 0.625. The van der Waals surface area contributed by atoms with Gasteiger partial charge in [-0.2, -0.15) is 0 Å². The number of aromatic nitrogens is 1. The summed E-state index contributed by atoms with van der Waals surface area (Å²) in [4.78, 5) is 19.0. The topological polar surface area (TPSA) is 45.2 Å². The molecule has 0 unspecified atom stereocenters. The zero-order valence-electron chi connectivity index (χ0n) is 12.7. The molecular formula is C16H25N3O. The molecule has 20 heavy (non-hydrogen) atoms. The maximum atomic E-state index is 12.2. The summed E-state index contributed by atoms with van der Waals surface area (Å²) in [5.74, 6) is 1.60. The molecule has 110 valence electrons. The van der Waals surface area contributed by atoms with Crippen LogP contribution in [0, 0.1) is 18.8 Å². The van der Waals surface area contributed by atoms with E-state index in [1.165, 1.54) is 0 Å². The van der Waals surface area contributed by atoms with Crippen LogP contribution < -0.4 is 5.32 Å². The van der Waals surface area contributed by atoms with E-state index in [9.17, 15) is 4.79 Å². The van der Waals surface area contributed by atoms with Crippen molar-refractivity contribution in [1.82, 2.24) is 9.88 Å². The molecule has 0 atom stereocenters. The summed E-state index contributed by atoms with van der Waals surface area (Å²) in [6.07, 6.45) is 1.90. The van der Waals surface area contributed by atoms with E-state index in [0.717, 1.165) is 38.2 Å². The normalized spacial score (nSPS) is 17.4. The number of hydrogen-bond donors (Lipinski definition) is 1. The zero-order valence-corrected chi connectivity index (χ0v) is 12.7. The first-order chi connectivity index (χ1) is 9.54. The van der Waals surface area contributed by atoms with Gasteiger partial charge in [-0.25, -0.2) is 4.98 Å². The lowest BCUT2D eigenvalue weighted by atomic mass is 9.95. The molecule has 1 aliphatic heterocycles. The van der Waals surface area contributed by atoms with Crippen molar-refractivity contribution in [1.29, 1.82) is 0 Å². The van der Waals surface area contributed by atoms with Crippen LogP contribution in [0.2, 0.25) is 0 Å². The smallest absolute Gasteiger partial charge is 0.228 e. The molecule has 1 aliphatic rings. The first kappa shape index (κ1) is 15.0. The van der Waals surface area contributed by atoms with Gasteiger partial charge in [0.1, 0.15) is 5.82 Å². The van der Waals surface area contributed by atoms with Crippen LogP contribution in [0.15, 0.2) is 18.2 Å². The Kier molecular flexibility index (Phi) is 5.12. The Morgan fingerprint density at radius 3 is 2.70 bits per heavy atom. The van der Waals surface area contributed by atoms with Crippen molar-refractivity contribution in [2.75, 3.05) is 25.0 Å². The minimum atomic E-state index is 0.118. The van der Waals surface area contributed by atoms with Crippen LogP contribution in [0.1, 0.15) is 32.4 Å². The van der Waals surface area contributed by atoms with Gasteiger partial charge >= 0.3 is 0 Å². The van der Waals surface area contributed by atoms with Gasteiger partial charge < -0.3 is 10.2 Å². The quantitative estimate of drug-likeness (QED) is 0.919. The van der Waals surface area contributed by atoms with Crippen molar-refractivity contribution >= 4 is 11.7 Å². The van der Waals surface area contributed by atoms with E-state index in [0.29, 0.717) is 11.7 Å². The minimum absolute atomic E-state index is 0.118. The fourth-order valence-electron chi connectivity index (χ4n) is 2.74. The largest absolute Gasteiger partial charge is 0.310 e. The number of carbonyl (C=O) groups excluding carboxylic acids is 1. The van der Waals surface area contributed by atoms with Gasteiger partial charge in [0.15, 0.2) is 0 Å². The Bertz CT molecular complexity index is 451. The minimum Gasteiger partial charge on any atom is -0.310 e. The van der Waals surface area contributed by atoms with Gasteiger partial charge in [-0.15, -0.1) is 0 Å². The summed E-state index contributed by atoms with van der Waals surface area (Å²) >= 11 is 0. The summed E-state index contributed by atoms with van der Waals surface area (Å²) in [5.41, 5.74) is 0.926. The van der Waals surface area contributed by atoms with E-state index < -0.39 is 0 Å². The number of hydrogen-bond acceptors (Lipinski definition) is 3. The van der Waals surface area contributed by atoms with Crippen molar-refractivity contribution in [2.45, 2.75) is 33.6 Å². The summed E-state index contributed by atoms with van der Waals surface area (Å²) in [5, 5.41) is 2.94. The Hall–Kier alpha value is -1.42. The monoisotopic (exact) mass is 275 g/mol. The van der Waals surface area contributed by atoms with Crippen molar-refractivity contribution in [3.63, 3.8) is 0 Å². The molecule has 1 N–H and O–H groups in total. The average Bonchev–Trinajstić information content (AvgIpc) is 2.38. The molecule has 1 fully saturated rings. The summed E-state index contributed by atoms with van der Waals surface area (Å²) < 4.78 is 0. The lowest BCUT2D eigenvalue weighted by molar-refractivity contribution is -0.121. The lowest BCUT2D eigenvalue weighted by Crippen LogP contribution is -2.39. The Morgan fingerprint density at radius 1 is 1.40 bits per heavy atom. The van der Waals surface area contributed by atoms with Gasteiger partial charge in [-0.05, 0) is 50.9 Å². The fourth-order valence-corrected chi connectivity index (χ4v) is 2.74. The number of carbonyl (C=O) groups is 1. The maximum Gasteiger partial charge on any atom is 0.228 e. The third-order valence-corrected chi connectivity index (χ3v) is 3.72. The molecule has 1 aromatic rings. The highest BCUT2D eigenvalue weighted by atomic mass is 16.1. The summed E-state index contributed by atoms with van der Waals surface area (Å²) in [6, 6.07) is 5.70. The SMILES string of the molecule is Cc1cccc(NC(=O)C2CCN(CC(C)C)CC2)n1. The number of pyridine rings is 1. The number of nitrogens with zero attached hydrogens (tertiary/aromatic N) is 2. The number of piperidine rings is 1. The van der Waals surface area contributed by atoms with Crippen LogP contribution in [-0.4, -0.2) is 35.4 Å². The number of aryl methyl sites for hydroxylation is 1. The Balaban J connectivity index is 1.83. The number of amides is 1. The van der Waals surface area contributed by atoms with E-state index in [4.69, 9.17) is 0 Å². The van der Waals surface area contributed by atoms with Gasteiger partial charge in [-0.3, -0.25) is 4.79 Å². The highest BCUT2D eigenvalue weighted by Gasteiger charge is 2.25. The highest BCUT2D eigenvalue weighted by molar-refractivity contribution is 5.91. The average molecular weight is 275 g/mol. The molecule has 1 saturated heterocycles. The Labute approximate surface area is 121 Å². The highest BCUT2D eigenvalue weighted by Crippen LogP contribution is 2.19. The van der Waals surface area contributed by atoms with E-state index in [2.05, 4.69) is 29.0 Å². The van der Waals surface area contributed by atoms with Crippen molar-refractivity contribution in [2.24, 2.45) is 11.8 Å². The summed E-state index contributed by atoms with van der Waals surface area (Å²) in [7, 11) is 0. The molecule has 0 spiro atoms.